The smallest absolute Gasteiger partial charge is 0.204 e. The van der Waals surface area contributed by atoms with Crippen molar-refractivity contribution in [3.63, 3.8) is 0 Å². The van der Waals surface area contributed by atoms with E-state index in [4.69, 9.17) is 0 Å². The standard InChI is InChI=1S/C9H7F2N3/c10-7-2-1-6(5-8(7)11)14-9-12-3-4-13-9/h1-5H,(H2,12,13,14). The van der Waals surface area contributed by atoms with E-state index < -0.39 is 11.6 Å². The molecular formula is C9H7F2N3. The Hall–Kier alpha value is -1.91. The summed E-state index contributed by atoms with van der Waals surface area (Å²) in [6.45, 7) is 0. The summed E-state index contributed by atoms with van der Waals surface area (Å²) in [4.78, 5) is 6.66. The highest BCUT2D eigenvalue weighted by atomic mass is 19.2. The summed E-state index contributed by atoms with van der Waals surface area (Å²) in [6, 6.07) is 3.55. The molecule has 0 aliphatic rings. The van der Waals surface area contributed by atoms with Crippen molar-refractivity contribution in [3.8, 4) is 0 Å². The van der Waals surface area contributed by atoms with Crippen LogP contribution in [-0.4, -0.2) is 9.97 Å². The van der Waals surface area contributed by atoms with Gasteiger partial charge in [0.15, 0.2) is 11.6 Å². The van der Waals surface area contributed by atoms with Gasteiger partial charge in [-0.2, -0.15) is 0 Å². The summed E-state index contributed by atoms with van der Waals surface area (Å²) < 4.78 is 25.3. The zero-order chi connectivity index (χ0) is 9.97. The van der Waals surface area contributed by atoms with Crippen LogP contribution in [0.15, 0.2) is 30.6 Å². The number of hydrogen-bond donors (Lipinski definition) is 2. The highest BCUT2D eigenvalue weighted by molar-refractivity contribution is 5.52. The molecule has 1 aromatic heterocycles. The highest BCUT2D eigenvalue weighted by Gasteiger charge is 2.02. The molecule has 1 heterocycles. The van der Waals surface area contributed by atoms with E-state index in [0.717, 1.165) is 12.1 Å². The third kappa shape index (κ3) is 1.71. The second kappa shape index (κ2) is 3.45. The quantitative estimate of drug-likeness (QED) is 0.772. The lowest BCUT2D eigenvalue weighted by Crippen LogP contribution is -1.93. The molecule has 72 valence electrons. The SMILES string of the molecule is Fc1ccc(Nc2ncc[nH]2)cc1F. The Morgan fingerprint density at radius 3 is 2.71 bits per heavy atom. The van der Waals surface area contributed by atoms with Gasteiger partial charge in [0, 0.05) is 24.1 Å². The van der Waals surface area contributed by atoms with Gasteiger partial charge in [-0.25, -0.2) is 13.8 Å². The molecule has 0 aliphatic heterocycles. The van der Waals surface area contributed by atoms with Gasteiger partial charge in [-0.1, -0.05) is 0 Å². The van der Waals surface area contributed by atoms with Crippen LogP contribution >= 0.6 is 0 Å². The fourth-order valence-corrected chi connectivity index (χ4v) is 1.04. The van der Waals surface area contributed by atoms with Crippen LogP contribution in [0.1, 0.15) is 0 Å². The molecule has 14 heavy (non-hydrogen) atoms. The Morgan fingerprint density at radius 2 is 2.07 bits per heavy atom. The van der Waals surface area contributed by atoms with Crippen LogP contribution in [0.25, 0.3) is 0 Å². The lowest BCUT2D eigenvalue weighted by Gasteiger charge is -2.02. The van der Waals surface area contributed by atoms with Crippen LogP contribution in [-0.2, 0) is 0 Å². The zero-order valence-corrected chi connectivity index (χ0v) is 7.09. The maximum Gasteiger partial charge on any atom is 0.204 e. The number of anilines is 2. The minimum Gasteiger partial charge on any atom is -0.331 e. The van der Waals surface area contributed by atoms with Gasteiger partial charge in [0.05, 0.1) is 0 Å². The summed E-state index contributed by atoms with van der Waals surface area (Å²) in [5, 5.41) is 2.78. The second-order valence-electron chi connectivity index (χ2n) is 2.69. The van der Waals surface area contributed by atoms with Gasteiger partial charge in [0.25, 0.3) is 0 Å². The van der Waals surface area contributed by atoms with Gasteiger partial charge >= 0.3 is 0 Å². The first kappa shape index (κ1) is 8.68. The lowest BCUT2D eigenvalue weighted by atomic mass is 10.3. The van der Waals surface area contributed by atoms with Crippen molar-refractivity contribution in [1.82, 2.24) is 9.97 Å². The minimum absolute atomic E-state index is 0.443. The van der Waals surface area contributed by atoms with E-state index in [9.17, 15) is 8.78 Å². The first-order valence-corrected chi connectivity index (χ1v) is 3.97. The zero-order valence-electron chi connectivity index (χ0n) is 7.09. The normalized spacial score (nSPS) is 10.1. The molecule has 3 nitrogen and oxygen atoms in total. The lowest BCUT2D eigenvalue weighted by molar-refractivity contribution is 0.509. The number of aromatic nitrogens is 2. The topological polar surface area (TPSA) is 40.7 Å². The van der Waals surface area contributed by atoms with E-state index in [0.29, 0.717) is 11.6 Å². The molecule has 0 fully saturated rings. The molecule has 2 N–H and O–H groups in total. The van der Waals surface area contributed by atoms with Crippen molar-refractivity contribution in [2.24, 2.45) is 0 Å². The molecule has 0 saturated carbocycles. The summed E-state index contributed by atoms with van der Waals surface area (Å²) in [5.41, 5.74) is 0.443. The van der Waals surface area contributed by atoms with Gasteiger partial charge in [-0.05, 0) is 12.1 Å². The first-order valence-electron chi connectivity index (χ1n) is 3.97. The van der Waals surface area contributed by atoms with E-state index in [2.05, 4.69) is 15.3 Å². The Balaban J connectivity index is 2.22. The average Bonchev–Trinajstić information content (AvgIpc) is 2.64. The molecule has 1 aromatic carbocycles. The molecule has 0 radical (unpaired) electrons. The molecular weight excluding hydrogens is 188 g/mol. The first-order chi connectivity index (χ1) is 6.75. The fraction of sp³-hybridized carbons (Fsp3) is 0. The third-order valence-electron chi connectivity index (χ3n) is 1.68. The molecule has 0 unspecified atom stereocenters. The number of nitrogens with one attached hydrogen (secondary N) is 2. The van der Waals surface area contributed by atoms with E-state index in [-0.39, 0.29) is 0 Å². The van der Waals surface area contributed by atoms with Crippen molar-refractivity contribution in [2.45, 2.75) is 0 Å². The molecule has 0 atom stereocenters. The number of halogens is 2. The molecule has 0 amide bonds. The maximum absolute atomic E-state index is 12.8. The number of imidazole rings is 1. The Morgan fingerprint density at radius 1 is 1.21 bits per heavy atom. The van der Waals surface area contributed by atoms with E-state index in [1.54, 1.807) is 12.4 Å². The van der Waals surface area contributed by atoms with E-state index in [1.807, 2.05) is 0 Å². The highest BCUT2D eigenvalue weighted by Crippen LogP contribution is 2.15. The molecule has 2 rings (SSSR count). The van der Waals surface area contributed by atoms with E-state index in [1.165, 1.54) is 6.07 Å². The van der Waals surface area contributed by atoms with Crippen LogP contribution in [0, 0.1) is 11.6 Å². The van der Waals surface area contributed by atoms with Crippen LogP contribution in [0.2, 0.25) is 0 Å². The summed E-state index contributed by atoms with van der Waals surface area (Å²) in [6.07, 6.45) is 3.18. The van der Waals surface area contributed by atoms with Crippen LogP contribution in [0.3, 0.4) is 0 Å². The largest absolute Gasteiger partial charge is 0.331 e. The number of aromatic amines is 1. The molecule has 0 spiro atoms. The summed E-state index contributed by atoms with van der Waals surface area (Å²) in [5.74, 6) is -1.27. The number of nitrogens with zero attached hydrogens (tertiary/aromatic N) is 1. The van der Waals surface area contributed by atoms with Gasteiger partial charge < -0.3 is 10.3 Å². The number of H-pyrrole nitrogens is 1. The van der Waals surface area contributed by atoms with Gasteiger partial charge in [0.2, 0.25) is 5.95 Å². The van der Waals surface area contributed by atoms with E-state index >= 15 is 0 Å². The maximum atomic E-state index is 12.8. The van der Waals surface area contributed by atoms with Crippen LogP contribution in [0.5, 0.6) is 0 Å². The molecule has 0 aliphatic carbocycles. The van der Waals surface area contributed by atoms with Crippen molar-refractivity contribution in [1.29, 1.82) is 0 Å². The second-order valence-corrected chi connectivity index (χ2v) is 2.69. The Bertz CT molecular complexity index is 426. The van der Waals surface area contributed by atoms with Crippen molar-refractivity contribution < 1.29 is 8.78 Å². The average molecular weight is 195 g/mol. The summed E-state index contributed by atoms with van der Waals surface area (Å²) in [7, 11) is 0. The van der Waals surface area contributed by atoms with Crippen LogP contribution < -0.4 is 5.32 Å². The minimum atomic E-state index is -0.887. The van der Waals surface area contributed by atoms with Crippen molar-refractivity contribution in [3.05, 3.63) is 42.2 Å². The predicted octanol–water partition coefficient (Wildman–Crippen LogP) is 2.43. The number of benzene rings is 1. The molecule has 0 bridgehead atoms. The Labute approximate surface area is 78.8 Å². The van der Waals surface area contributed by atoms with Gasteiger partial charge in [-0.3, -0.25) is 0 Å². The fourth-order valence-electron chi connectivity index (χ4n) is 1.04. The third-order valence-corrected chi connectivity index (χ3v) is 1.68. The van der Waals surface area contributed by atoms with Crippen molar-refractivity contribution in [2.75, 3.05) is 5.32 Å². The van der Waals surface area contributed by atoms with Gasteiger partial charge in [-0.15, -0.1) is 0 Å². The van der Waals surface area contributed by atoms with Crippen molar-refractivity contribution >= 4 is 11.6 Å². The predicted molar refractivity (Wildman–Crippen MR) is 48.2 cm³/mol. The monoisotopic (exact) mass is 195 g/mol. The summed E-state index contributed by atoms with van der Waals surface area (Å²) >= 11 is 0. The number of rotatable bonds is 2. The number of hydrogen-bond acceptors (Lipinski definition) is 2. The molecule has 0 saturated heterocycles. The van der Waals surface area contributed by atoms with Gasteiger partial charge in [0.1, 0.15) is 0 Å². The van der Waals surface area contributed by atoms with Crippen LogP contribution in [0.4, 0.5) is 20.4 Å². The molecule has 2 aromatic rings. The Kier molecular flexibility index (Phi) is 2.14. The molecule has 5 heteroatoms.